The van der Waals surface area contributed by atoms with Gasteiger partial charge in [0.25, 0.3) is 0 Å². The summed E-state index contributed by atoms with van der Waals surface area (Å²) >= 11 is 6.84. The van der Waals surface area contributed by atoms with Crippen LogP contribution in [0.4, 0.5) is 22.7 Å². The fraction of sp³-hybridized carbons (Fsp3) is 0.184. The lowest BCUT2D eigenvalue weighted by molar-refractivity contribution is -0.384. The third-order valence-corrected chi connectivity index (χ3v) is 8.17. The summed E-state index contributed by atoms with van der Waals surface area (Å²) in [4.78, 5) is 19.4. The highest BCUT2D eigenvalue weighted by Gasteiger charge is 2.18. The number of anilines is 3. The standard InChI is InChI=1S/C18H16BrN3O3.C18H18BrN3O.C2H3N/c19-14-6-7-15-16(10-14)21-11-17(22(23)24)18(15)20-8-9-25-12-13-4-2-1-3-5-13;19-14-6-7-15-17(10-14)22-11-16(20)18(15)21-8-9-23-12-13-4-2-1-3-5-13;1-2-3/h1-7,10-11H,8-9,12H2,(H,20,21);1-7,10-11H,8-9,12,20H2,(H,21,22);1H3. The molecule has 13 heteroatoms. The number of ether oxygens (including phenoxy) is 2. The molecule has 6 rings (SSSR count). The number of nitrogens with zero attached hydrogens (tertiary/aromatic N) is 4. The fourth-order valence-corrected chi connectivity index (χ4v) is 5.58. The van der Waals surface area contributed by atoms with E-state index in [2.05, 4.69) is 64.6 Å². The number of rotatable bonds is 13. The topological polar surface area (TPSA) is 161 Å². The Kier molecular flexibility index (Phi) is 15.6. The Morgan fingerprint density at radius 2 is 1.22 bits per heavy atom. The van der Waals surface area contributed by atoms with Crippen LogP contribution in [-0.4, -0.2) is 41.2 Å². The van der Waals surface area contributed by atoms with Crippen LogP contribution in [0.3, 0.4) is 0 Å². The summed E-state index contributed by atoms with van der Waals surface area (Å²) in [6, 6.07) is 33.2. The molecule has 0 unspecified atom stereocenters. The summed E-state index contributed by atoms with van der Waals surface area (Å²) in [6.07, 6.45) is 2.96. The average molecular weight is 816 g/mol. The maximum Gasteiger partial charge on any atom is 0.311 e. The Hall–Kier alpha value is -5.13. The molecule has 4 N–H and O–H groups in total. The lowest BCUT2D eigenvalue weighted by Gasteiger charge is -2.12. The largest absolute Gasteiger partial charge is 0.396 e. The first-order valence-electron chi connectivity index (χ1n) is 15.9. The Morgan fingerprint density at radius 1 is 0.765 bits per heavy atom. The van der Waals surface area contributed by atoms with Crippen LogP contribution in [0.5, 0.6) is 0 Å². The van der Waals surface area contributed by atoms with E-state index in [0.717, 1.165) is 31.1 Å². The molecule has 0 aliphatic carbocycles. The molecule has 0 amide bonds. The maximum absolute atomic E-state index is 11.3. The smallest absolute Gasteiger partial charge is 0.311 e. The molecule has 51 heavy (non-hydrogen) atoms. The minimum atomic E-state index is -0.429. The van der Waals surface area contributed by atoms with Crippen molar-refractivity contribution in [2.24, 2.45) is 0 Å². The van der Waals surface area contributed by atoms with Gasteiger partial charge in [-0.05, 0) is 47.5 Å². The molecule has 0 spiro atoms. The second kappa shape index (κ2) is 20.5. The van der Waals surface area contributed by atoms with Crippen molar-refractivity contribution in [3.63, 3.8) is 0 Å². The van der Waals surface area contributed by atoms with Crippen molar-refractivity contribution >= 4 is 76.4 Å². The predicted molar refractivity (Wildman–Crippen MR) is 210 cm³/mol. The minimum absolute atomic E-state index is 0.0436. The second-order valence-corrected chi connectivity index (χ2v) is 12.7. The minimum Gasteiger partial charge on any atom is -0.396 e. The second-order valence-electron chi connectivity index (χ2n) is 10.8. The van der Waals surface area contributed by atoms with E-state index in [0.29, 0.717) is 61.8 Å². The number of halogens is 2. The Morgan fingerprint density at radius 3 is 1.71 bits per heavy atom. The van der Waals surface area contributed by atoms with Crippen LogP contribution in [-0.2, 0) is 22.7 Å². The number of nitrogens with two attached hydrogens (primary N) is 1. The zero-order valence-electron chi connectivity index (χ0n) is 27.9. The first kappa shape index (κ1) is 38.7. The van der Waals surface area contributed by atoms with Crippen LogP contribution in [0.15, 0.2) is 118 Å². The van der Waals surface area contributed by atoms with Crippen molar-refractivity contribution in [2.45, 2.75) is 20.1 Å². The molecule has 6 aromatic rings. The summed E-state index contributed by atoms with van der Waals surface area (Å²) in [5, 5.41) is 26.8. The summed E-state index contributed by atoms with van der Waals surface area (Å²) in [7, 11) is 0. The molecule has 0 fully saturated rings. The van der Waals surface area contributed by atoms with Crippen molar-refractivity contribution in [3.05, 3.63) is 140 Å². The highest BCUT2D eigenvalue weighted by Crippen LogP contribution is 2.33. The van der Waals surface area contributed by atoms with E-state index >= 15 is 0 Å². The monoisotopic (exact) mass is 813 g/mol. The van der Waals surface area contributed by atoms with Gasteiger partial charge in [0.2, 0.25) is 0 Å². The number of nitrogens with one attached hydrogen (secondary N) is 2. The summed E-state index contributed by atoms with van der Waals surface area (Å²) in [6.45, 7) is 4.74. The number of hydrogen-bond acceptors (Lipinski definition) is 10. The predicted octanol–water partition coefficient (Wildman–Crippen LogP) is 9.27. The van der Waals surface area contributed by atoms with Crippen molar-refractivity contribution in [3.8, 4) is 6.07 Å². The Bertz CT molecular complexity index is 2060. The van der Waals surface area contributed by atoms with E-state index in [1.165, 1.54) is 18.7 Å². The molecule has 4 aromatic carbocycles. The van der Waals surface area contributed by atoms with Crippen LogP contribution < -0.4 is 16.4 Å². The van der Waals surface area contributed by atoms with Gasteiger partial charge in [0.1, 0.15) is 11.9 Å². The molecular formula is C38H37Br2N7O4. The van der Waals surface area contributed by atoms with E-state index in [1.807, 2.05) is 84.9 Å². The third kappa shape index (κ3) is 12.0. The van der Waals surface area contributed by atoms with Gasteiger partial charge in [-0.25, -0.2) is 4.98 Å². The Balaban J connectivity index is 0.000000213. The Labute approximate surface area is 313 Å². The summed E-state index contributed by atoms with van der Waals surface area (Å²) in [5.74, 6) is 0. The van der Waals surface area contributed by atoms with E-state index in [4.69, 9.17) is 20.5 Å². The van der Waals surface area contributed by atoms with Crippen molar-refractivity contribution in [2.75, 3.05) is 42.7 Å². The number of benzene rings is 4. The van der Waals surface area contributed by atoms with Gasteiger partial charge in [-0.3, -0.25) is 15.1 Å². The van der Waals surface area contributed by atoms with Gasteiger partial charge in [0, 0.05) is 39.7 Å². The van der Waals surface area contributed by atoms with Crippen molar-refractivity contribution < 1.29 is 14.4 Å². The van der Waals surface area contributed by atoms with Gasteiger partial charge in [0.05, 0.1) is 66.0 Å². The fourth-order valence-electron chi connectivity index (χ4n) is 4.88. The third-order valence-electron chi connectivity index (χ3n) is 7.19. The number of nitrogen functional groups attached to an aromatic ring is 1. The van der Waals surface area contributed by atoms with E-state index < -0.39 is 4.92 Å². The van der Waals surface area contributed by atoms with E-state index in [-0.39, 0.29) is 5.69 Å². The molecule has 0 aliphatic rings. The zero-order valence-corrected chi connectivity index (χ0v) is 31.1. The van der Waals surface area contributed by atoms with Crippen LogP contribution in [0.25, 0.3) is 21.8 Å². The molecule has 0 radical (unpaired) electrons. The quantitative estimate of drug-likeness (QED) is 0.0582. The van der Waals surface area contributed by atoms with Crippen LogP contribution >= 0.6 is 31.9 Å². The molecule has 0 atom stereocenters. The lowest BCUT2D eigenvalue weighted by Crippen LogP contribution is -2.11. The van der Waals surface area contributed by atoms with Gasteiger partial charge in [-0.15, -0.1) is 0 Å². The van der Waals surface area contributed by atoms with E-state index in [1.54, 1.807) is 12.3 Å². The van der Waals surface area contributed by atoms with Crippen molar-refractivity contribution in [1.82, 2.24) is 9.97 Å². The molecule has 11 nitrogen and oxygen atoms in total. The number of nitriles is 1. The van der Waals surface area contributed by atoms with Crippen LogP contribution in [0.2, 0.25) is 0 Å². The SMILES string of the molecule is CC#N.Nc1cnc2cc(Br)ccc2c1NCCOCc1ccccc1.O=[N+]([O-])c1cnc2cc(Br)ccc2c1NCCOCc1ccccc1. The number of pyridine rings is 2. The molecule has 0 bridgehead atoms. The highest BCUT2D eigenvalue weighted by atomic mass is 79.9. The highest BCUT2D eigenvalue weighted by molar-refractivity contribution is 9.10. The van der Waals surface area contributed by atoms with Crippen LogP contribution in [0, 0.1) is 21.4 Å². The molecule has 2 aromatic heterocycles. The molecular weight excluding hydrogens is 778 g/mol. The number of fused-ring (bicyclic) bond motifs is 2. The molecule has 262 valence electrons. The van der Waals surface area contributed by atoms with Gasteiger partial charge in [0.15, 0.2) is 0 Å². The number of aromatic nitrogens is 2. The first-order chi connectivity index (χ1) is 24.8. The van der Waals surface area contributed by atoms with E-state index in [9.17, 15) is 10.1 Å². The van der Waals surface area contributed by atoms with Gasteiger partial charge < -0.3 is 25.8 Å². The number of hydrogen-bond donors (Lipinski definition) is 3. The first-order valence-corrected chi connectivity index (χ1v) is 17.5. The van der Waals surface area contributed by atoms with Gasteiger partial charge in [-0.2, -0.15) is 5.26 Å². The zero-order chi connectivity index (χ0) is 36.4. The molecule has 0 saturated heterocycles. The van der Waals surface area contributed by atoms with Gasteiger partial charge in [-0.1, -0.05) is 92.5 Å². The van der Waals surface area contributed by atoms with Crippen LogP contribution in [0.1, 0.15) is 18.1 Å². The normalized spacial score (nSPS) is 10.3. The maximum atomic E-state index is 11.3. The molecule has 2 heterocycles. The summed E-state index contributed by atoms with van der Waals surface area (Å²) in [5.41, 5.74) is 11.9. The van der Waals surface area contributed by atoms with Gasteiger partial charge >= 0.3 is 5.69 Å². The lowest BCUT2D eigenvalue weighted by atomic mass is 10.1. The molecule has 0 aliphatic heterocycles. The number of nitro groups is 1. The summed E-state index contributed by atoms with van der Waals surface area (Å²) < 4.78 is 13.2. The molecule has 0 saturated carbocycles. The average Bonchev–Trinajstić information content (AvgIpc) is 3.13. The van der Waals surface area contributed by atoms with Crippen molar-refractivity contribution in [1.29, 1.82) is 5.26 Å².